The third-order valence-corrected chi connectivity index (χ3v) is 7.48. The number of methoxy groups -OCH3 is 3. The van der Waals surface area contributed by atoms with E-state index in [-0.39, 0.29) is 5.75 Å². The third-order valence-electron chi connectivity index (χ3n) is 5.76. The summed E-state index contributed by atoms with van der Waals surface area (Å²) in [6.07, 6.45) is 3.92. The Bertz CT molecular complexity index is 1240. The van der Waals surface area contributed by atoms with Crippen molar-refractivity contribution in [3.8, 4) is 17.2 Å². The number of hydrogen-bond acceptors (Lipinski definition) is 5. The minimum absolute atomic E-state index is 0.0983. The first-order valence-corrected chi connectivity index (χ1v) is 12.2. The molecule has 6 nitrogen and oxygen atoms in total. The minimum Gasteiger partial charge on any atom is -0.497 e. The van der Waals surface area contributed by atoms with Crippen LogP contribution >= 0.6 is 0 Å². The number of ether oxygens (including phenoxy) is 3. The topological polar surface area (TPSA) is 65.1 Å². The molecule has 0 N–H and O–H groups in total. The Labute approximate surface area is 195 Å². The normalized spacial score (nSPS) is 15.1. The Balaban J connectivity index is 1.80. The van der Waals surface area contributed by atoms with Gasteiger partial charge in [0.25, 0.3) is 0 Å². The van der Waals surface area contributed by atoms with Crippen molar-refractivity contribution in [3.63, 3.8) is 0 Å². The molecule has 1 atom stereocenters. The first-order valence-electron chi connectivity index (χ1n) is 10.6. The molecule has 7 heteroatoms. The van der Waals surface area contributed by atoms with Crippen LogP contribution in [0.2, 0.25) is 0 Å². The van der Waals surface area contributed by atoms with Gasteiger partial charge < -0.3 is 14.2 Å². The van der Waals surface area contributed by atoms with Gasteiger partial charge in [0.1, 0.15) is 5.75 Å². The average molecular weight is 466 g/mol. The van der Waals surface area contributed by atoms with Crippen LogP contribution in [0.25, 0.3) is 6.08 Å². The van der Waals surface area contributed by atoms with Gasteiger partial charge in [0.15, 0.2) is 11.5 Å². The van der Waals surface area contributed by atoms with Gasteiger partial charge in [-0.05, 0) is 47.4 Å². The highest BCUT2D eigenvalue weighted by Crippen LogP contribution is 2.45. The lowest BCUT2D eigenvalue weighted by Crippen LogP contribution is -2.35. The van der Waals surface area contributed by atoms with Gasteiger partial charge in [0.2, 0.25) is 10.0 Å². The number of fused-ring (bicyclic) bond motifs is 1. The molecule has 3 aromatic carbocycles. The summed E-state index contributed by atoms with van der Waals surface area (Å²) in [5.41, 5.74) is 3.40. The second-order valence-corrected chi connectivity index (χ2v) is 9.63. The SMILES string of the molecule is COc1ccc(CC2c3c(ccc(OC)c3OC)C=CN2S(=O)(=O)Cc2ccccc2)cc1. The molecular formula is C26H27NO5S. The molecule has 1 unspecified atom stereocenters. The Morgan fingerprint density at radius 3 is 2.18 bits per heavy atom. The molecule has 3 aromatic rings. The molecule has 0 fully saturated rings. The van der Waals surface area contributed by atoms with Gasteiger partial charge >= 0.3 is 0 Å². The van der Waals surface area contributed by atoms with Crippen LogP contribution in [0.1, 0.15) is 28.3 Å². The van der Waals surface area contributed by atoms with Crippen LogP contribution in [0.3, 0.4) is 0 Å². The van der Waals surface area contributed by atoms with Crippen molar-refractivity contribution in [3.05, 3.63) is 95.2 Å². The van der Waals surface area contributed by atoms with Crippen molar-refractivity contribution >= 4 is 16.1 Å². The predicted molar refractivity (Wildman–Crippen MR) is 129 cm³/mol. The highest BCUT2D eigenvalue weighted by Gasteiger charge is 2.35. The van der Waals surface area contributed by atoms with Crippen LogP contribution in [0.15, 0.2) is 72.9 Å². The zero-order valence-corrected chi connectivity index (χ0v) is 19.7. The van der Waals surface area contributed by atoms with E-state index in [0.29, 0.717) is 17.9 Å². The van der Waals surface area contributed by atoms with Crippen molar-refractivity contribution in [2.75, 3.05) is 21.3 Å². The van der Waals surface area contributed by atoms with Crippen LogP contribution < -0.4 is 14.2 Å². The Morgan fingerprint density at radius 1 is 0.818 bits per heavy atom. The van der Waals surface area contributed by atoms with Gasteiger partial charge in [0.05, 0.1) is 33.1 Å². The second kappa shape index (κ2) is 9.58. The summed E-state index contributed by atoms with van der Waals surface area (Å²) in [6, 6.07) is 20.1. The number of rotatable bonds is 8. The smallest absolute Gasteiger partial charge is 0.239 e. The van der Waals surface area contributed by atoms with E-state index in [1.807, 2.05) is 72.8 Å². The van der Waals surface area contributed by atoms with Crippen molar-refractivity contribution in [2.45, 2.75) is 18.2 Å². The summed E-state index contributed by atoms with van der Waals surface area (Å²) in [5.74, 6) is 1.75. The van der Waals surface area contributed by atoms with E-state index in [1.54, 1.807) is 27.5 Å². The zero-order chi connectivity index (χ0) is 23.4. The largest absolute Gasteiger partial charge is 0.497 e. The lowest BCUT2D eigenvalue weighted by atomic mass is 9.91. The molecule has 172 valence electrons. The summed E-state index contributed by atoms with van der Waals surface area (Å²) in [6.45, 7) is 0. The molecule has 0 amide bonds. The highest BCUT2D eigenvalue weighted by molar-refractivity contribution is 7.88. The second-order valence-electron chi connectivity index (χ2n) is 7.76. The van der Waals surface area contributed by atoms with Gasteiger partial charge in [-0.3, -0.25) is 4.31 Å². The third kappa shape index (κ3) is 4.68. The maximum atomic E-state index is 13.6. The molecule has 1 aliphatic heterocycles. The van der Waals surface area contributed by atoms with E-state index < -0.39 is 16.1 Å². The number of benzene rings is 3. The molecule has 0 aromatic heterocycles. The van der Waals surface area contributed by atoms with Gasteiger partial charge in [-0.1, -0.05) is 48.5 Å². The Hall–Kier alpha value is -3.45. The molecule has 0 bridgehead atoms. The summed E-state index contributed by atoms with van der Waals surface area (Å²) in [7, 11) is 1.08. The quantitative estimate of drug-likeness (QED) is 0.478. The average Bonchev–Trinajstić information content (AvgIpc) is 2.84. The molecule has 33 heavy (non-hydrogen) atoms. The van der Waals surface area contributed by atoms with E-state index >= 15 is 0 Å². The van der Waals surface area contributed by atoms with Crippen LogP contribution in [-0.4, -0.2) is 34.1 Å². The molecule has 1 aliphatic rings. The van der Waals surface area contributed by atoms with E-state index in [2.05, 4.69) is 0 Å². The number of sulfonamides is 1. The molecule has 1 heterocycles. The molecule has 0 saturated carbocycles. The van der Waals surface area contributed by atoms with Gasteiger partial charge in [-0.25, -0.2) is 8.42 Å². The first-order chi connectivity index (χ1) is 16.0. The summed E-state index contributed by atoms with van der Waals surface area (Å²) >= 11 is 0. The van der Waals surface area contributed by atoms with Crippen LogP contribution in [0, 0.1) is 0 Å². The molecule has 4 rings (SSSR count). The lowest BCUT2D eigenvalue weighted by Gasteiger charge is -2.35. The fourth-order valence-corrected chi connectivity index (χ4v) is 5.74. The van der Waals surface area contributed by atoms with E-state index in [0.717, 1.165) is 28.0 Å². The van der Waals surface area contributed by atoms with E-state index in [4.69, 9.17) is 14.2 Å². The summed E-state index contributed by atoms with van der Waals surface area (Å²) in [5, 5.41) is 0. The van der Waals surface area contributed by atoms with Crippen LogP contribution in [0.5, 0.6) is 17.2 Å². The predicted octanol–water partition coefficient (Wildman–Crippen LogP) is 4.81. The standard InChI is InChI=1S/C26H27NO5S/c1-30-22-12-9-19(10-13-22)17-23-25-21(11-14-24(31-2)26(25)32-3)15-16-27(23)33(28,29)18-20-7-5-4-6-8-20/h4-16,23H,17-18H2,1-3H3. The number of nitrogens with zero attached hydrogens (tertiary/aromatic N) is 1. The van der Waals surface area contributed by atoms with Crippen molar-refractivity contribution in [1.82, 2.24) is 4.31 Å². The maximum absolute atomic E-state index is 13.6. The lowest BCUT2D eigenvalue weighted by molar-refractivity contribution is 0.334. The van der Waals surface area contributed by atoms with E-state index in [1.165, 1.54) is 4.31 Å². The van der Waals surface area contributed by atoms with Crippen molar-refractivity contribution < 1.29 is 22.6 Å². The summed E-state index contributed by atoms with van der Waals surface area (Å²) in [4.78, 5) is 0. The van der Waals surface area contributed by atoms with Gasteiger partial charge in [0, 0.05) is 11.8 Å². The molecule has 0 radical (unpaired) electrons. The van der Waals surface area contributed by atoms with Gasteiger partial charge in [-0.15, -0.1) is 0 Å². The van der Waals surface area contributed by atoms with Gasteiger partial charge in [-0.2, -0.15) is 0 Å². The molecule has 0 spiro atoms. The van der Waals surface area contributed by atoms with Crippen LogP contribution in [-0.2, 0) is 22.2 Å². The summed E-state index contributed by atoms with van der Waals surface area (Å²) < 4.78 is 45.2. The van der Waals surface area contributed by atoms with Crippen LogP contribution in [0.4, 0.5) is 0 Å². The fourth-order valence-electron chi connectivity index (χ4n) is 4.16. The Morgan fingerprint density at radius 2 is 1.55 bits per heavy atom. The molecular weight excluding hydrogens is 438 g/mol. The van der Waals surface area contributed by atoms with Crippen molar-refractivity contribution in [1.29, 1.82) is 0 Å². The first kappa shape index (κ1) is 22.7. The maximum Gasteiger partial charge on any atom is 0.239 e. The molecule has 0 aliphatic carbocycles. The highest BCUT2D eigenvalue weighted by atomic mass is 32.2. The number of hydrogen-bond donors (Lipinski definition) is 0. The van der Waals surface area contributed by atoms with Crippen molar-refractivity contribution in [2.24, 2.45) is 0 Å². The minimum atomic E-state index is -3.68. The monoisotopic (exact) mass is 465 g/mol. The fraction of sp³-hybridized carbons (Fsp3) is 0.231. The molecule has 0 saturated heterocycles. The van der Waals surface area contributed by atoms with E-state index in [9.17, 15) is 8.42 Å². The Kier molecular flexibility index (Phi) is 6.60. The zero-order valence-electron chi connectivity index (χ0n) is 18.9.